The topological polar surface area (TPSA) is 96.7 Å². The number of hydrogen-bond donors (Lipinski definition) is 2. The monoisotopic (exact) mass is 387 g/mol. The Kier molecular flexibility index (Phi) is 4.97. The first kappa shape index (κ1) is 18.1. The van der Waals surface area contributed by atoms with Gasteiger partial charge in [-0.1, -0.05) is 24.3 Å². The summed E-state index contributed by atoms with van der Waals surface area (Å²) in [4.78, 5) is 26.5. The van der Waals surface area contributed by atoms with E-state index < -0.39 is 11.9 Å². The molecule has 4 atom stereocenters. The van der Waals surface area contributed by atoms with E-state index in [2.05, 4.69) is 11.1 Å². The molecule has 27 heavy (non-hydrogen) atoms. The Morgan fingerprint density at radius 2 is 1.89 bits per heavy atom. The van der Waals surface area contributed by atoms with E-state index in [1.54, 1.807) is 5.38 Å². The molecule has 2 aliphatic rings. The molecule has 2 aromatic rings. The Morgan fingerprint density at radius 3 is 2.59 bits per heavy atom. The summed E-state index contributed by atoms with van der Waals surface area (Å²) < 4.78 is 6.16. The fourth-order valence-electron chi connectivity index (χ4n) is 4.41. The molecule has 0 unspecified atom stereocenters. The van der Waals surface area contributed by atoms with Crippen LogP contribution >= 0.6 is 11.3 Å². The van der Waals surface area contributed by atoms with E-state index in [9.17, 15) is 14.7 Å². The predicted molar refractivity (Wildman–Crippen MR) is 99.3 cm³/mol. The molecule has 6 nitrogen and oxygen atoms in total. The number of rotatable bonds is 7. The summed E-state index contributed by atoms with van der Waals surface area (Å²) >= 11 is 1.40. The van der Waals surface area contributed by atoms with E-state index in [-0.39, 0.29) is 36.2 Å². The molecular formula is C20H21NO5S. The van der Waals surface area contributed by atoms with Crippen LogP contribution in [0.4, 0.5) is 0 Å². The first-order valence-electron chi connectivity index (χ1n) is 9.15. The Morgan fingerprint density at radius 1 is 1.15 bits per heavy atom. The van der Waals surface area contributed by atoms with Crippen LogP contribution in [0.2, 0.25) is 0 Å². The molecule has 2 bridgehead atoms. The molecule has 0 saturated carbocycles. The number of fused-ring (bicyclic) bond motifs is 2. The van der Waals surface area contributed by atoms with Crippen molar-refractivity contribution in [2.75, 3.05) is 0 Å². The van der Waals surface area contributed by atoms with Gasteiger partial charge in [-0.2, -0.15) is 0 Å². The molecule has 0 amide bonds. The lowest BCUT2D eigenvalue weighted by Crippen LogP contribution is -2.27. The van der Waals surface area contributed by atoms with Crippen LogP contribution in [0.3, 0.4) is 0 Å². The summed E-state index contributed by atoms with van der Waals surface area (Å²) in [5.74, 6) is -1.45. The van der Waals surface area contributed by atoms with Gasteiger partial charge in [-0.05, 0) is 36.8 Å². The molecular weight excluding hydrogens is 366 g/mol. The van der Waals surface area contributed by atoms with Crippen molar-refractivity contribution >= 4 is 23.3 Å². The van der Waals surface area contributed by atoms with Gasteiger partial charge in [0.2, 0.25) is 0 Å². The number of thiazole rings is 1. The number of aliphatic carboxylic acids is 1. The van der Waals surface area contributed by atoms with Crippen molar-refractivity contribution in [1.29, 1.82) is 0 Å². The van der Waals surface area contributed by atoms with Crippen LogP contribution in [-0.2, 0) is 22.4 Å². The maximum atomic E-state index is 11.2. The normalized spacial score (nSPS) is 26.4. The van der Waals surface area contributed by atoms with Crippen LogP contribution in [0, 0.1) is 5.92 Å². The zero-order chi connectivity index (χ0) is 19.0. The molecule has 2 N–H and O–H groups in total. The molecule has 3 heterocycles. The van der Waals surface area contributed by atoms with Crippen LogP contribution in [0.1, 0.15) is 51.8 Å². The molecule has 0 aliphatic carbocycles. The van der Waals surface area contributed by atoms with Crippen molar-refractivity contribution in [2.45, 2.75) is 50.2 Å². The van der Waals surface area contributed by atoms with Gasteiger partial charge in [0.05, 0.1) is 17.2 Å². The van der Waals surface area contributed by atoms with Crippen molar-refractivity contribution in [3.63, 3.8) is 0 Å². The van der Waals surface area contributed by atoms with E-state index in [0.717, 1.165) is 35.4 Å². The quantitative estimate of drug-likeness (QED) is 0.756. The first-order valence-corrected chi connectivity index (χ1v) is 10.0. The molecule has 2 fully saturated rings. The van der Waals surface area contributed by atoms with Gasteiger partial charge in [0.15, 0.2) is 5.69 Å². The van der Waals surface area contributed by atoms with Gasteiger partial charge in [0.25, 0.3) is 0 Å². The highest BCUT2D eigenvalue weighted by atomic mass is 32.1. The van der Waals surface area contributed by atoms with Gasteiger partial charge in [-0.15, -0.1) is 11.3 Å². The van der Waals surface area contributed by atoms with Crippen LogP contribution in [-0.4, -0.2) is 39.3 Å². The van der Waals surface area contributed by atoms with E-state index in [1.807, 2.05) is 18.2 Å². The van der Waals surface area contributed by atoms with Gasteiger partial charge in [-0.25, -0.2) is 9.78 Å². The van der Waals surface area contributed by atoms with Crippen LogP contribution in [0.15, 0.2) is 29.6 Å². The lowest BCUT2D eigenvalue weighted by molar-refractivity contribution is -0.136. The summed E-state index contributed by atoms with van der Waals surface area (Å²) in [6.45, 7) is 0. The second kappa shape index (κ2) is 7.40. The number of carboxylic acids is 2. The number of ether oxygens (including phenoxy) is 1. The Hall–Kier alpha value is -2.25. The highest BCUT2D eigenvalue weighted by Crippen LogP contribution is 2.50. The standard InChI is InChI=1S/C20H21NO5S/c22-17(23)8-5-11-3-1-2-4-12(11)9-13-15-6-7-16(26-15)18(13)19-21-14(10-27-19)20(24)25/h1-4,10,13,15-16,18H,5-9H2,(H,22,23)(H,24,25)/t13-,15-,16+,18-/m0/s1. The number of carboxylic acid groups (broad SMARTS) is 2. The van der Waals surface area contributed by atoms with Gasteiger partial charge >= 0.3 is 11.9 Å². The van der Waals surface area contributed by atoms with Crippen LogP contribution in [0.25, 0.3) is 0 Å². The van der Waals surface area contributed by atoms with Gasteiger partial charge < -0.3 is 14.9 Å². The van der Waals surface area contributed by atoms with Crippen LogP contribution in [0.5, 0.6) is 0 Å². The summed E-state index contributed by atoms with van der Waals surface area (Å²) in [5, 5.41) is 20.6. The number of nitrogens with zero attached hydrogens (tertiary/aromatic N) is 1. The SMILES string of the molecule is O=C(O)CCc1ccccc1C[C@@H]1[C@H](c2nc(C(=O)O)cs2)[C@H]2CC[C@@H]1O2. The minimum absolute atomic E-state index is 0.0957. The highest BCUT2D eigenvalue weighted by Gasteiger charge is 2.50. The number of aryl methyl sites for hydroxylation is 1. The van der Waals surface area contributed by atoms with Crippen LogP contribution < -0.4 is 0 Å². The average molecular weight is 387 g/mol. The second-order valence-corrected chi connectivity index (χ2v) is 8.11. The molecule has 142 valence electrons. The molecule has 1 aromatic carbocycles. The van der Waals surface area contributed by atoms with E-state index in [4.69, 9.17) is 9.84 Å². The van der Waals surface area contributed by atoms with Gasteiger partial charge in [0, 0.05) is 23.6 Å². The lowest BCUT2D eigenvalue weighted by Gasteiger charge is -2.27. The number of benzene rings is 1. The maximum absolute atomic E-state index is 11.2. The zero-order valence-electron chi connectivity index (χ0n) is 14.7. The zero-order valence-corrected chi connectivity index (χ0v) is 15.5. The second-order valence-electron chi connectivity index (χ2n) is 7.22. The van der Waals surface area contributed by atoms with E-state index in [1.165, 1.54) is 11.3 Å². The number of hydrogen-bond acceptors (Lipinski definition) is 5. The lowest BCUT2D eigenvalue weighted by atomic mass is 9.75. The predicted octanol–water partition coefficient (Wildman–Crippen LogP) is 3.36. The average Bonchev–Trinajstić information content (AvgIpc) is 3.36. The van der Waals surface area contributed by atoms with Crippen molar-refractivity contribution in [3.8, 4) is 0 Å². The fraction of sp³-hybridized carbons (Fsp3) is 0.450. The number of carbonyl (C=O) groups is 2. The van der Waals surface area contributed by atoms with E-state index in [0.29, 0.717) is 6.42 Å². The Labute approximate surface area is 160 Å². The molecule has 0 radical (unpaired) electrons. The molecule has 0 spiro atoms. The van der Waals surface area contributed by atoms with Gasteiger partial charge in [-0.3, -0.25) is 4.79 Å². The highest BCUT2D eigenvalue weighted by molar-refractivity contribution is 7.09. The van der Waals surface area contributed by atoms with Gasteiger partial charge in [0.1, 0.15) is 0 Å². The van der Waals surface area contributed by atoms with Crippen molar-refractivity contribution < 1.29 is 24.5 Å². The summed E-state index contributed by atoms with van der Waals surface area (Å²) in [7, 11) is 0. The summed E-state index contributed by atoms with van der Waals surface area (Å²) in [6.07, 6.45) is 3.67. The molecule has 7 heteroatoms. The van der Waals surface area contributed by atoms with Crippen molar-refractivity contribution in [1.82, 2.24) is 4.98 Å². The maximum Gasteiger partial charge on any atom is 0.355 e. The smallest absolute Gasteiger partial charge is 0.355 e. The third-order valence-corrected chi connectivity index (χ3v) is 6.58. The minimum atomic E-state index is -1.00. The number of aromatic nitrogens is 1. The van der Waals surface area contributed by atoms with Crippen molar-refractivity contribution in [3.05, 3.63) is 51.5 Å². The molecule has 1 aromatic heterocycles. The van der Waals surface area contributed by atoms with E-state index >= 15 is 0 Å². The first-order chi connectivity index (χ1) is 13.0. The fourth-order valence-corrected chi connectivity index (χ4v) is 5.43. The summed E-state index contributed by atoms with van der Waals surface area (Å²) in [6, 6.07) is 7.97. The Balaban J connectivity index is 1.58. The third kappa shape index (κ3) is 3.61. The molecule has 2 aliphatic heterocycles. The molecule has 4 rings (SSSR count). The summed E-state index contributed by atoms with van der Waals surface area (Å²) in [5.41, 5.74) is 2.31. The largest absolute Gasteiger partial charge is 0.481 e. The third-order valence-electron chi connectivity index (χ3n) is 5.63. The minimum Gasteiger partial charge on any atom is -0.481 e. The Bertz CT molecular complexity index is 864. The van der Waals surface area contributed by atoms with Crippen molar-refractivity contribution in [2.24, 2.45) is 5.92 Å². The molecule has 2 saturated heterocycles. The number of aromatic carboxylic acids is 1.